The molecule has 3 rings (SSSR count). The smallest absolute Gasteiger partial charge is 0.0556 e. The van der Waals surface area contributed by atoms with Crippen LogP contribution in [0.5, 0.6) is 0 Å². The molecule has 0 spiro atoms. The number of para-hydroxylation sites is 1. The largest absolute Gasteiger partial charge is 0.379 e. The molecule has 3 aromatic rings. The van der Waals surface area contributed by atoms with Crippen LogP contribution in [0.3, 0.4) is 0 Å². The van der Waals surface area contributed by atoms with Crippen LogP contribution in [0.4, 0.5) is 5.69 Å². The number of rotatable bonds is 3. The van der Waals surface area contributed by atoms with E-state index in [-0.39, 0.29) is 0 Å². The fourth-order valence-electron chi connectivity index (χ4n) is 2.64. The van der Waals surface area contributed by atoms with Crippen LogP contribution >= 0.6 is 15.9 Å². The van der Waals surface area contributed by atoms with Gasteiger partial charge in [-0.2, -0.15) is 0 Å². The Morgan fingerprint density at radius 1 is 1.05 bits per heavy atom. The van der Waals surface area contributed by atoms with Crippen LogP contribution in [0.2, 0.25) is 0 Å². The third-order valence-electron chi connectivity index (χ3n) is 3.81. The van der Waals surface area contributed by atoms with E-state index in [1.807, 2.05) is 0 Å². The van der Waals surface area contributed by atoms with Crippen molar-refractivity contribution in [3.63, 3.8) is 0 Å². The lowest BCUT2D eigenvalue weighted by Crippen LogP contribution is -2.05. The zero-order valence-corrected chi connectivity index (χ0v) is 13.2. The summed E-state index contributed by atoms with van der Waals surface area (Å²) in [5.74, 6) is 0. The molecule has 0 radical (unpaired) electrons. The van der Waals surface area contributed by atoms with E-state index in [1.54, 1.807) is 0 Å². The lowest BCUT2D eigenvalue weighted by molar-refractivity contribution is 0.862. The molecule has 0 aliphatic rings. The second-order valence-electron chi connectivity index (χ2n) is 5.01. The lowest BCUT2D eigenvalue weighted by atomic mass is 10.1. The standard InChI is InChI=1S/C17H17BrN2/c1-12-15-5-3-4-6-16(15)20(2)17(12)11-19-14-9-7-13(18)8-10-14/h3-10,19H,11H2,1-2H3. The molecule has 0 atom stereocenters. The fourth-order valence-corrected chi connectivity index (χ4v) is 2.90. The molecule has 0 saturated carbocycles. The molecule has 0 aliphatic heterocycles. The molecule has 1 aromatic heterocycles. The van der Waals surface area contributed by atoms with Crippen molar-refractivity contribution in [2.24, 2.45) is 7.05 Å². The Hall–Kier alpha value is -1.74. The second-order valence-corrected chi connectivity index (χ2v) is 5.92. The summed E-state index contributed by atoms with van der Waals surface area (Å²) in [7, 11) is 2.13. The summed E-state index contributed by atoms with van der Waals surface area (Å²) < 4.78 is 3.38. The first kappa shape index (κ1) is 13.3. The Kier molecular flexibility index (Phi) is 3.53. The highest BCUT2D eigenvalue weighted by atomic mass is 79.9. The maximum atomic E-state index is 3.49. The topological polar surface area (TPSA) is 17.0 Å². The van der Waals surface area contributed by atoms with Gasteiger partial charge >= 0.3 is 0 Å². The maximum absolute atomic E-state index is 3.49. The minimum absolute atomic E-state index is 0.832. The molecular weight excluding hydrogens is 312 g/mol. The van der Waals surface area contributed by atoms with E-state index in [2.05, 4.69) is 88.3 Å². The molecule has 20 heavy (non-hydrogen) atoms. The van der Waals surface area contributed by atoms with Crippen molar-refractivity contribution >= 4 is 32.5 Å². The van der Waals surface area contributed by atoms with Crippen molar-refractivity contribution in [2.75, 3.05) is 5.32 Å². The lowest BCUT2D eigenvalue weighted by Gasteiger charge is -2.09. The summed E-state index contributed by atoms with van der Waals surface area (Å²) >= 11 is 3.46. The van der Waals surface area contributed by atoms with Crippen molar-refractivity contribution < 1.29 is 0 Å². The third kappa shape index (κ3) is 2.34. The molecule has 0 fully saturated rings. The summed E-state index contributed by atoms with van der Waals surface area (Å²) in [4.78, 5) is 0. The molecule has 2 aromatic carbocycles. The van der Waals surface area contributed by atoms with Gasteiger partial charge in [0.2, 0.25) is 0 Å². The van der Waals surface area contributed by atoms with E-state index < -0.39 is 0 Å². The van der Waals surface area contributed by atoms with Gasteiger partial charge in [0.25, 0.3) is 0 Å². The van der Waals surface area contributed by atoms with E-state index in [9.17, 15) is 0 Å². The number of halogens is 1. The highest BCUT2D eigenvalue weighted by molar-refractivity contribution is 9.10. The van der Waals surface area contributed by atoms with Gasteiger partial charge in [-0.3, -0.25) is 0 Å². The Morgan fingerprint density at radius 3 is 2.45 bits per heavy atom. The van der Waals surface area contributed by atoms with Crippen LogP contribution in [-0.2, 0) is 13.6 Å². The van der Waals surface area contributed by atoms with Gasteiger partial charge in [-0.05, 0) is 42.8 Å². The number of hydrogen-bond donors (Lipinski definition) is 1. The van der Waals surface area contributed by atoms with Gasteiger partial charge in [0, 0.05) is 33.8 Å². The normalized spacial score (nSPS) is 10.9. The first-order valence-corrected chi connectivity index (χ1v) is 7.48. The van der Waals surface area contributed by atoms with E-state index in [0.29, 0.717) is 0 Å². The van der Waals surface area contributed by atoms with Crippen molar-refractivity contribution in [3.05, 3.63) is 64.3 Å². The minimum Gasteiger partial charge on any atom is -0.379 e. The molecule has 102 valence electrons. The maximum Gasteiger partial charge on any atom is 0.0556 e. The van der Waals surface area contributed by atoms with Crippen LogP contribution in [0.25, 0.3) is 10.9 Å². The average molecular weight is 329 g/mol. The van der Waals surface area contributed by atoms with Crippen LogP contribution in [0.1, 0.15) is 11.3 Å². The molecular formula is C17H17BrN2. The van der Waals surface area contributed by atoms with Crippen LogP contribution < -0.4 is 5.32 Å². The highest BCUT2D eigenvalue weighted by Gasteiger charge is 2.10. The predicted octanol–water partition coefficient (Wildman–Crippen LogP) is 4.86. The number of nitrogens with zero attached hydrogens (tertiary/aromatic N) is 1. The van der Waals surface area contributed by atoms with Crippen molar-refractivity contribution in [1.29, 1.82) is 0 Å². The van der Waals surface area contributed by atoms with Gasteiger partial charge in [0.05, 0.1) is 6.54 Å². The predicted molar refractivity (Wildman–Crippen MR) is 89.1 cm³/mol. The summed E-state index contributed by atoms with van der Waals surface area (Å²) in [5, 5.41) is 4.82. The number of aromatic nitrogens is 1. The number of hydrogen-bond acceptors (Lipinski definition) is 1. The van der Waals surface area contributed by atoms with Gasteiger partial charge in [0.1, 0.15) is 0 Å². The van der Waals surface area contributed by atoms with Gasteiger partial charge in [-0.1, -0.05) is 34.1 Å². The fraction of sp³-hybridized carbons (Fsp3) is 0.176. The molecule has 1 N–H and O–H groups in total. The average Bonchev–Trinajstić information content (AvgIpc) is 2.71. The number of benzene rings is 2. The highest BCUT2D eigenvalue weighted by Crippen LogP contribution is 2.25. The minimum atomic E-state index is 0.832. The van der Waals surface area contributed by atoms with Gasteiger partial charge in [0.15, 0.2) is 0 Å². The summed E-state index contributed by atoms with van der Waals surface area (Å²) in [6.45, 7) is 3.03. The molecule has 0 bridgehead atoms. The van der Waals surface area contributed by atoms with Crippen molar-refractivity contribution in [3.8, 4) is 0 Å². The number of nitrogens with one attached hydrogen (secondary N) is 1. The van der Waals surface area contributed by atoms with E-state index in [4.69, 9.17) is 0 Å². The monoisotopic (exact) mass is 328 g/mol. The van der Waals surface area contributed by atoms with E-state index >= 15 is 0 Å². The van der Waals surface area contributed by atoms with Crippen molar-refractivity contribution in [2.45, 2.75) is 13.5 Å². The summed E-state index contributed by atoms with van der Waals surface area (Å²) in [6, 6.07) is 16.8. The van der Waals surface area contributed by atoms with Crippen LogP contribution in [-0.4, -0.2) is 4.57 Å². The number of fused-ring (bicyclic) bond motifs is 1. The van der Waals surface area contributed by atoms with Crippen LogP contribution in [0.15, 0.2) is 53.0 Å². The molecule has 3 heteroatoms. The Morgan fingerprint density at radius 2 is 1.75 bits per heavy atom. The summed E-state index contributed by atoms with van der Waals surface area (Å²) in [5.41, 5.74) is 5.11. The molecule has 1 heterocycles. The Labute approximate surface area is 127 Å². The van der Waals surface area contributed by atoms with Gasteiger partial charge in [-0.25, -0.2) is 0 Å². The first-order valence-electron chi connectivity index (χ1n) is 6.69. The van der Waals surface area contributed by atoms with Gasteiger partial charge in [-0.15, -0.1) is 0 Å². The Balaban J connectivity index is 1.89. The SMILES string of the molecule is Cc1c(CNc2ccc(Br)cc2)n(C)c2ccccc12. The quantitative estimate of drug-likeness (QED) is 0.726. The van der Waals surface area contributed by atoms with Gasteiger partial charge < -0.3 is 9.88 Å². The number of anilines is 1. The van der Waals surface area contributed by atoms with E-state index in [1.165, 1.54) is 22.2 Å². The summed E-state index contributed by atoms with van der Waals surface area (Å²) in [6.07, 6.45) is 0. The zero-order chi connectivity index (χ0) is 14.1. The molecule has 0 unspecified atom stereocenters. The van der Waals surface area contributed by atoms with Crippen molar-refractivity contribution in [1.82, 2.24) is 4.57 Å². The molecule has 0 aliphatic carbocycles. The molecule has 2 nitrogen and oxygen atoms in total. The molecule has 0 saturated heterocycles. The Bertz CT molecular complexity index is 703. The second kappa shape index (κ2) is 5.33. The third-order valence-corrected chi connectivity index (χ3v) is 4.34. The number of aryl methyl sites for hydroxylation is 2. The van der Waals surface area contributed by atoms with E-state index in [0.717, 1.165) is 16.7 Å². The first-order chi connectivity index (χ1) is 9.66. The zero-order valence-electron chi connectivity index (χ0n) is 11.7. The molecule has 0 amide bonds. The van der Waals surface area contributed by atoms with Crippen LogP contribution in [0, 0.1) is 6.92 Å².